The van der Waals surface area contributed by atoms with Gasteiger partial charge in [0.05, 0.1) is 12.8 Å². The molecule has 126 valence electrons. The highest BCUT2D eigenvalue weighted by atomic mass is 35.5. The molecule has 3 nitrogen and oxygen atoms in total. The van der Waals surface area contributed by atoms with Gasteiger partial charge in [-0.1, -0.05) is 30.3 Å². The Hall–Kier alpha value is -2.30. The zero-order chi connectivity index (χ0) is 15.9. The van der Waals surface area contributed by atoms with Crippen molar-refractivity contribution < 1.29 is 13.5 Å². The Bertz CT molecular complexity index is 747. The summed E-state index contributed by atoms with van der Waals surface area (Å²) < 4.78 is 24.5. The van der Waals surface area contributed by atoms with Gasteiger partial charge in [-0.2, -0.15) is 0 Å². The molecule has 0 spiro atoms. The van der Waals surface area contributed by atoms with E-state index in [1.54, 1.807) is 24.5 Å². The second kappa shape index (κ2) is 9.11. The van der Waals surface area contributed by atoms with Crippen LogP contribution in [0.25, 0.3) is 0 Å². The number of rotatable bonds is 7. The van der Waals surface area contributed by atoms with Gasteiger partial charge < -0.3 is 14.5 Å². The average molecular weight is 348 g/mol. The number of benzene rings is 2. The molecule has 0 aliphatic heterocycles. The molecule has 0 fully saturated rings. The summed E-state index contributed by atoms with van der Waals surface area (Å²) in [5, 5.41) is 3.30. The maximum absolute atomic E-state index is 13.6. The molecule has 0 unspecified atom stereocenters. The minimum atomic E-state index is -0.247. The summed E-state index contributed by atoms with van der Waals surface area (Å²) in [5.74, 6) is 1.38. The van der Waals surface area contributed by atoms with E-state index < -0.39 is 0 Å². The van der Waals surface area contributed by atoms with Crippen LogP contribution in [0.1, 0.15) is 16.9 Å². The van der Waals surface area contributed by atoms with Crippen molar-refractivity contribution in [3.8, 4) is 5.75 Å². The maximum atomic E-state index is 13.6. The summed E-state index contributed by atoms with van der Waals surface area (Å²) in [5.41, 5.74) is 1.65. The van der Waals surface area contributed by atoms with Gasteiger partial charge >= 0.3 is 0 Å². The van der Waals surface area contributed by atoms with Crippen LogP contribution in [-0.2, 0) is 19.7 Å². The Kier molecular flexibility index (Phi) is 6.85. The molecule has 0 aliphatic rings. The first kappa shape index (κ1) is 18.0. The van der Waals surface area contributed by atoms with Gasteiger partial charge in [-0.3, -0.25) is 0 Å². The summed E-state index contributed by atoms with van der Waals surface area (Å²) in [6, 6.07) is 18.2. The topological polar surface area (TPSA) is 34.4 Å². The van der Waals surface area contributed by atoms with Crippen LogP contribution in [0.3, 0.4) is 0 Å². The van der Waals surface area contributed by atoms with Crippen LogP contribution >= 0.6 is 12.4 Å². The first-order chi connectivity index (χ1) is 11.3. The second-order valence-corrected chi connectivity index (χ2v) is 5.21. The summed E-state index contributed by atoms with van der Waals surface area (Å²) in [4.78, 5) is 0. The summed E-state index contributed by atoms with van der Waals surface area (Å²) in [6.07, 6.45) is 1.66. The molecule has 0 amide bonds. The highest BCUT2D eigenvalue weighted by Crippen LogP contribution is 2.16. The zero-order valence-electron chi connectivity index (χ0n) is 13.1. The molecule has 0 radical (unpaired) electrons. The smallest absolute Gasteiger partial charge is 0.129 e. The van der Waals surface area contributed by atoms with Gasteiger partial charge in [0, 0.05) is 12.1 Å². The van der Waals surface area contributed by atoms with E-state index in [9.17, 15) is 4.39 Å². The fourth-order valence-electron chi connectivity index (χ4n) is 2.26. The molecule has 1 N–H and O–H groups in total. The van der Waals surface area contributed by atoms with E-state index in [0.29, 0.717) is 18.7 Å². The third-order valence-corrected chi connectivity index (χ3v) is 3.46. The van der Waals surface area contributed by atoms with Gasteiger partial charge in [-0.05, 0) is 35.9 Å². The quantitative estimate of drug-likeness (QED) is 0.672. The molecule has 5 heteroatoms. The third-order valence-electron chi connectivity index (χ3n) is 3.46. The van der Waals surface area contributed by atoms with Crippen molar-refractivity contribution in [2.24, 2.45) is 0 Å². The van der Waals surface area contributed by atoms with Crippen molar-refractivity contribution in [2.45, 2.75) is 19.7 Å². The molecule has 0 saturated heterocycles. The standard InChI is InChI=1S/C19H18FNO2.ClH/c20-19-9-2-1-6-16(19)14-23-17-7-3-5-15(11-17)12-21-13-18-8-4-10-22-18;/h1-11,21H,12-14H2;1H. The van der Waals surface area contributed by atoms with E-state index in [2.05, 4.69) is 5.32 Å². The Labute approximate surface area is 146 Å². The molecule has 0 saturated carbocycles. The molecule has 3 rings (SSSR count). The van der Waals surface area contributed by atoms with Crippen LogP contribution < -0.4 is 10.1 Å². The molecule has 0 aliphatic carbocycles. The SMILES string of the molecule is Cl.Fc1ccccc1COc1cccc(CNCc2ccco2)c1. The number of hydrogen-bond acceptors (Lipinski definition) is 3. The van der Waals surface area contributed by atoms with Crippen molar-refractivity contribution in [1.29, 1.82) is 0 Å². The van der Waals surface area contributed by atoms with Gasteiger partial charge in [-0.15, -0.1) is 12.4 Å². The van der Waals surface area contributed by atoms with Gasteiger partial charge in [0.25, 0.3) is 0 Å². The Balaban J connectivity index is 0.00000208. The van der Waals surface area contributed by atoms with E-state index >= 15 is 0 Å². The second-order valence-electron chi connectivity index (χ2n) is 5.21. The van der Waals surface area contributed by atoms with Crippen LogP contribution in [0.2, 0.25) is 0 Å². The predicted octanol–water partition coefficient (Wildman–Crippen LogP) is 4.71. The van der Waals surface area contributed by atoms with Crippen LogP contribution in [0.4, 0.5) is 4.39 Å². The summed E-state index contributed by atoms with van der Waals surface area (Å²) >= 11 is 0. The molecular weight excluding hydrogens is 329 g/mol. The van der Waals surface area contributed by atoms with Gasteiger partial charge in [-0.25, -0.2) is 4.39 Å². The molecule has 1 heterocycles. The monoisotopic (exact) mass is 347 g/mol. The largest absolute Gasteiger partial charge is 0.489 e. The Morgan fingerprint density at radius 1 is 0.958 bits per heavy atom. The van der Waals surface area contributed by atoms with Crippen LogP contribution in [0.5, 0.6) is 5.75 Å². The van der Waals surface area contributed by atoms with Crippen molar-refractivity contribution >= 4 is 12.4 Å². The van der Waals surface area contributed by atoms with Crippen LogP contribution in [-0.4, -0.2) is 0 Å². The minimum Gasteiger partial charge on any atom is -0.489 e. The molecule has 0 bridgehead atoms. The van der Waals surface area contributed by atoms with Crippen molar-refractivity contribution in [2.75, 3.05) is 0 Å². The first-order valence-electron chi connectivity index (χ1n) is 7.49. The first-order valence-corrected chi connectivity index (χ1v) is 7.49. The van der Waals surface area contributed by atoms with Crippen LogP contribution in [0.15, 0.2) is 71.3 Å². The molecule has 0 atom stereocenters. The Morgan fingerprint density at radius 3 is 2.62 bits per heavy atom. The molecular formula is C19H19ClFNO2. The average Bonchev–Trinajstić information content (AvgIpc) is 3.08. The van der Waals surface area contributed by atoms with Crippen molar-refractivity contribution in [3.63, 3.8) is 0 Å². The minimum absolute atomic E-state index is 0. The predicted molar refractivity (Wildman–Crippen MR) is 93.7 cm³/mol. The lowest BCUT2D eigenvalue weighted by Gasteiger charge is -2.09. The fraction of sp³-hybridized carbons (Fsp3) is 0.158. The third kappa shape index (κ3) is 5.11. The van der Waals surface area contributed by atoms with E-state index in [4.69, 9.17) is 9.15 Å². The normalized spacial score (nSPS) is 10.2. The fourth-order valence-corrected chi connectivity index (χ4v) is 2.26. The van der Waals surface area contributed by atoms with Crippen molar-refractivity contribution in [3.05, 3.63) is 89.6 Å². The number of furan rings is 1. The van der Waals surface area contributed by atoms with Gasteiger partial charge in [0.1, 0.15) is 23.9 Å². The number of halogens is 2. The van der Waals surface area contributed by atoms with Crippen molar-refractivity contribution in [1.82, 2.24) is 5.32 Å². The molecule has 1 aromatic heterocycles. The molecule has 3 aromatic rings. The summed E-state index contributed by atoms with van der Waals surface area (Å²) in [7, 11) is 0. The van der Waals surface area contributed by atoms with E-state index in [1.165, 1.54) is 6.07 Å². The highest BCUT2D eigenvalue weighted by Gasteiger charge is 2.03. The lowest BCUT2D eigenvalue weighted by atomic mass is 10.2. The number of hydrogen-bond donors (Lipinski definition) is 1. The van der Waals surface area contributed by atoms with Crippen LogP contribution in [0, 0.1) is 5.82 Å². The summed E-state index contributed by atoms with van der Waals surface area (Å²) in [6.45, 7) is 1.60. The maximum Gasteiger partial charge on any atom is 0.129 e. The number of nitrogens with one attached hydrogen (secondary N) is 1. The molecule has 24 heavy (non-hydrogen) atoms. The van der Waals surface area contributed by atoms with E-state index in [0.717, 1.165) is 17.1 Å². The molecule has 2 aromatic carbocycles. The lowest BCUT2D eigenvalue weighted by Crippen LogP contribution is -2.12. The zero-order valence-corrected chi connectivity index (χ0v) is 13.9. The lowest BCUT2D eigenvalue weighted by molar-refractivity contribution is 0.299. The number of ether oxygens (including phenoxy) is 1. The highest BCUT2D eigenvalue weighted by molar-refractivity contribution is 5.85. The van der Waals surface area contributed by atoms with E-state index in [1.807, 2.05) is 36.4 Å². The van der Waals surface area contributed by atoms with Gasteiger partial charge in [0.2, 0.25) is 0 Å². The van der Waals surface area contributed by atoms with Gasteiger partial charge in [0.15, 0.2) is 0 Å². The van der Waals surface area contributed by atoms with E-state index in [-0.39, 0.29) is 24.8 Å². The Morgan fingerprint density at radius 2 is 1.83 bits per heavy atom.